The fourth-order valence-electron chi connectivity index (χ4n) is 3.21. The standard InChI is InChI=1S/C16H22N2O/c1-11-9-18(10-12(11)2)16(19)7-13-8-17-15-6-4-3-5-14(13)15/h3-6,11-13,17H,7-10H2,1-2H3. The third kappa shape index (κ3) is 2.34. The van der Waals surface area contributed by atoms with E-state index in [0.29, 0.717) is 30.1 Å². The van der Waals surface area contributed by atoms with Gasteiger partial charge in [0.1, 0.15) is 0 Å². The molecule has 0 saturated carbocycles. The number of hydrogen-bond donors (Lipinski definition) is 1. The summed E-state index contributed by atoms with van der Waals surface area (Å²) in [6, 6.07) is 8.34. The van der Waals surface area contributed by atoms with E-state index in [9.17, 15) is 4.79 Å². The number of likely N-dealkylation sites (tertiary alicyclic amines) is 1. The van der Waals surface area contributed by atoms with Crippen LogP contribution in [0.15, 0.2) is 24.3 Å². The molecular formula is C16H22N2O. The van der Waals surface area contributed by atoms with E-state index < -0.39 is 0 Å². The molecule has 3 atom stereocenters. The zero-order chi connectivity index (χ0) is 13.4. The van der Waals surface area contributed by atoms with Crippen molar-refractivity contribution in [1.82, 2.24) is 4.90 Å². The largest absolute Gasteiger partial charge is 0.384 e. The van der Waals surface area contributed by atoms with E-state index in [4.69, 9.17) is 0 Å². The monoisotopic (exact) mass is 258 g/mol. The molecule has 1 N–H and O–H groups in total. The molecule has 1 aromatic carbocycles. The molecule has 2 aliphatic heterocycles. The van der Waals surface area contributed by atoms with Gasteiger partial charge in [0.2, 0.25) is 5.91 Å². The summed E-state index contributed by atoms with van der Waals surface area (Å²) in [5.41, 5.74) is 2.50. The van der Waals surface area contributed by atoms with Crippen molar-refractivity contribution < 1.29 is 4.79 Å². The summed E-state index contributed by atoms with van der Waals surface area (Å²) in [5, 5.41) is 3.39. The van der Waals surface area contributed by atoms with Crippen LogP contribution in [0.5, 0.6) is 0 Å². The lowest BCUT2D eigenvalue weighted by Gasteiger charge is -2.18. The van der Waals surface area contributed by atoms with Crippen molar-refractivity contribution in [2.24, 2.45) is 11.8 Å². The lowest BCUT2D eigenvalue weighted by Crippen LogP contribution is -2.30. The van der Waals surface area contributed by atoms with Crippen LogP contribution < -0.4 is 5.32 Å². The van der Waals surface area contributed by atoms with Crippen molar-refractivity contribution in [1.29, 1.82) is 0 Å². The molecule has 3 unspecified atom stereocenters. The number of nitrogens with zero attached hydrogens (tertiary/aromatic N) is 1. The number of rotatable bonds is 2. The SMILES string of the molecule is CC1CN(C(=O)CC2CNc3ccccc32)CC1C. The van der Waals surface area contributed by atoms with E-state index in [1.54, 1.807) is 0 Å². The molecule has 1 amide bonds. The van der Waals surface area contributed by atoms with Crippen molar-refractivity contribution in [3.05, 3.63) is 29.8 Å². The number of benzene rings is 1. The molecule has 2 heterocycles. The van der Waals surface area contributed by atoms with E-state index >= 15 is 0 Å². The first-order valence-corrected chi connectivity index (χ1v) is 7.25. The van der Waals surface area contributed by atoms with Gasteiger partial charge in [0, 0.05) is 37.7 Å². The second-order valence-electron chi connectivity index (χ2n) is 6.12. The van der Waals surface area contributed by atoms with Gasteiger partial charge in [-0.15, -0.1) is 0 Å². The van der Waals surface area contributed by atoms with Crippen LogP contribution in [0.25, 0.3) is 0 Å². The maximum absolute atomic E-state index is 12.4. The molecule has 3 heteroatoms. The topological polar surface area (TPSA) is 32.3 Å². The molecule has 0 radical (unpaired) electrons. The van der Waals surface area contributed by atoms with Crippen LogP contribution in [0.4, 0.5) is 5.69 Å². The summed E-state index contributed by atoms with van der Waals surface area (Å²) in [6.45, 7) is 7.24. The van der Waals surface area contributed by atoms with Crippen LogP contribution in [0.2, 0.25) is 0 Å². The number of anilines is 1. The van der Waals surface area contributed by atoms with Crippen LogP contribution in [-0.4, -0.2) is 30.4 Å². The van der Waals surface area contributed by atoms with Gasteiger partial charge in [0.25, 0.3) is 0 Å². The normalized spacial score (nSPS) is 29.2. The third-order valence-corrected chi connectivity index (χ3v) is 4.70. The first kappa shape index (κ1) is 12.5. The summed E-state index contributed by atoms with van der Waals surface area (Å²) >= 11 is 0. The molecular weight excluding hydrogens is 236 g/mol. The van der Waals surface area contributed by atoms with E-state index in [0.717, 1.165) is 19.6 Å². The zero-order valence-corrected chi connectivity index (χ0v) is 11.7. The van der Waals surface area contributed by atoms with E-state index in [-0.39, 0.29) is 0 Å². The van der Waals surface area contributed by atoms with Crippen LogP contribution in [-0.2, 0) is 4.79 Å². The molecule has 0 spiro atoms. The van der Waals surface area contributed by atoms with Crippen molar-refractivity contribution in [3.63, 3.8) is 0 Å². The van der Waals surface area contributed by atoms with Gasteiger partial charge in [-0.1, -0.05) is 32.0 Å². The molecule has 3 nitrogen and oxygen atoms in total. The van der Waals surface area contributed by atoms with Crippen molar-refractivity contribution >= 4 is 11.6 Å². The van der Waals surface area contributed by atoms with Crippen LogP contribution >= 0.6 is 0 Å². The maximum Gasteiger partial charge on any atom is 0.223 e. The quantitative estimate of drug-likeness (QED) is 0.884. The molecule has 0 bridgehead atoms. The van der Waals surface area contributed by atoms with Crippen LogP contribution in [0.3, 0.4) is 0 Å². The van der Waals surface area contributed by atoms with Crippen molar-refractivity contribution in [2.45, 2.75) is 26.2 Å². The zero-order valence-electron chi connectivity index (χ0n) is 11.7. The van der Waals surface area contributed by atoms with Crippen LogP contribution in [0.1, 0.15) is 31.7 Å². The van der Waals surface area contributed by atoms with Crippen molar-refractivity contribution in [3.8, 4) is 0 Å². The Bertz CT molecular complexity index is 475. The highest BCUT2D eigenvalue weighted by molar-refractivity contribution is 5.78. The second kappa shape index (κ2) is 4.87. The summed E-state index contributed by atoms with van der Waals surface area (Å²) in [6.07, 6.45) is 0.642. The van der Waals surface area contributed by atoms with Crippen molar-refractivity contribution in [2.75, 3.05) is 25.0 Å². The first-order valence-electron chi connectivity index (χ1n) is 7.25. The van der Waals surface area contributed by atoms with Gasteiger partial charge >= 0.3 is 0 Å². The lowest BCUT2D eigenvalue weighted by molar-refractivity contribution is -0.130. The Morgan fingerprint density at radius 1 is 1.26 bits per heavy atom. The Morgan fingerprint density at radius 3 is 2.68 bits per heavy atom. The smallest absolute Gasteiger partial charge is 0.223 e. The Hall–Kier alpha value is -1.51. The Labute approximate surface area is 115 Å². The molecule has 3 rings (SSSR count). The number of amides is 1. The minimum atomic E-state index is 0.319. The van der Waals surface area contributed by atoms with Gasteiger partial charge in [-0.2, -0.15) is 0 Å². The van der Waals surface area contributed by atoms with Crippen LogP contribution in [0, 0.1) is 11.8 Å². The van der Waals surface area contributed by atoms with E-state index in [2.05, 4.69) is 42.3 Å². The van der Waals surface area contributed by atoms with Gasteiger partial charge < -0.3 is 10.2 Å². The number of fused-ring (bicyclic) bond motifs is 1. The number of carbonyl (C=O) groups is 1. The van der Waals surface area contributed by atoms with Gasteiger partial charge in [0.15, 0.2) is 0 Å². The predicted molar refractivity (Wildman–Crippen MR) is 77.2 cm³/mol. The summed E-state index contributed by atoms with van der Waals surface area (Å²) in [7, 11) is 0. The predicted octanol–water partition coefficient (Wildman–Crippen LogP) is 2.70. The number of hydrogen-bond acceptors (Lipinski definition) is 2. The first-order chi connectivity index (χ1) is 9.15. The number of para-hydroxylation sites is 1. The van der Waals surface area contributed by atoms with E-state index in [1.165, 1.54) is 11.3 Å². The average Bonchev–Trinajstić information content (AvgIpc) is 2.95. The molecule has 19 heavy (non-hydrogen) atoms. The third-order valence-electron chi connectivity index (χ3n) is 4.70. The number of nitrogens with one attached hydrogen (secondary N) is 1. The second-order valence-corrected chi connectivity index (χ2v) is 6.12. The minimum absolute atomic E-state index is 0.319. The Morgan fingerprint density at radius 2 is 1.95 bits per heavy atom. The molecule has 1 saturated heterocycles. The fourth-order valence-corrected chi connectivity index (χ4v) is 3.21. The summed E-state index contributed by atoms with van der Waals surface area (Å²) in [4.78, 5) is 14.5. The molecule has 0 aliphatic carbocycles. The van der Waals surface area contributed by atoms with E-state index in [1.807, 2.05) is 6.07 Å². The maximum atomic E-state index is 12.4. The van der Waals surface area contributed by atoms with Gasteiger partial charge in [-0.25, -0.2) is 0 Å². The van der Waals surface area contributed by atoms with Gasteiger partial charge in [-0.3, -0.25) is 4.79 Å². The molecule has 1 fully saturated rings. The highest BCUT2D eigenvalue weighted by Crippen LogP contribution is 2.34. The molecule has 0 aromatic heterocycles. The number of carbonyl (C=O) groups excluding carboxylic acids is 1. The van der Waals surface area contributed by atoms with Gasteiger partial charge in [0.05, 0.1) is 0 Å². The highest BCUT2D eigenvalue weighted by atomic mass is 16.2. The van der Waals surface area contributed by atoms with Gasteiger partial charge in [-0.05, 0) is 23.5 Å². The summed E-state index contributed by atoms with van der Waals surface area (Å²) < 4.78 is 0. The highest BCUT2D eigenvalue weighted by Gasteiger charge is 2.32. The molecule has 102 valence electrons. The summed E-state index contributed by atoms with van der Waals surface area (Å²) in [5.74, 6) is 1.94. The average molecular weight is 258 g/mol. The fraction of sp³-hybridized carbons (Fsp3) is 0.562. The molecule has 1 aromatic rings. The Balaban J connectivity index is 1.65. The minimum Gasteiger partial charge on any atom is -0.384 e. The lowest BCUT2D eigenvalue weighted by atomic mass is 9.97. The Kier molecular flexibility index (Phi) is 3.21. The molecule has 2 aliphatic rings.